The van der Waals surface area contributed by atoms with Crippen molar-refractivity contribution in [3.63, 3.8) is 0 Å². The van der Waals surface area contributed by atoms with Crippen molar-refractivity contribution in [1.29, 1.82) is 0 Å². The minimum absolute atomic E-state index is 0.506. The van der Waals surface area contributed by atoms with Crippen LogP contribution in [0.5, 0.6) is 0 Å². The van der Waals surface area contributed by atoms with Gasteiger partial charge < -0.3 is 9.47 Å². The van der Waals surface area contributed by atoms with Crippen molar-refractivity contribution in [2.24, 2.45) is 5.41 Å². The molecule has 2 fully saturated rings. The molecule has 1 aliphatic carbocycles. The van der Waals surface area contributed by atoms with Crippen molar-refractivity contribution in [1.82, 2.24) is 4.90 Å². The highest BCUT2D eigenvalue weighted by Crippen LogP contribution is 2.46. The Kier molecular flexibility index (Phi) is 2.86. The zero-order valence-corrected chi connectivity index (χ0v) is 8.42. The van der Waals surface area contributed by atoms with Gasteiger partial charge in [0.2, 0.25) is 0 Å². The Bertz CT molecular complexity index is 162. The van der Waals surface area contributed by atoms with Gasteiger partial charge in [-0.25, -0.2) is 0 Å². The van der Waals surface area contributed by atoms with E-state index in [4.69, 9.17) is 9.47 Å². The molecular formula is C10H19NO2. The van der Waals surface area contributed by atoms with E-state index in [1.54, 1.807) is 7.11 Å². The highest BCUT2D eigenvalue weighted by molar-refractivity contribution is 4.95. The van der Waals surface area contributed by atoms with Crippen molar-refractivity contribution in [3.8, 4) is 0 Å². The molecule has 1 saturated heterocycles. The smallest absolute Gasteiger partial charge is 0.0594 e. The molecule has 3 nitrogen and oxygen atoms in total. The molecule has 0 radical (unpaired) electrons. The molecular weight excluding hydrogens is 166 g/mol. The van der Waals surface area contributed by atoms with Crippen LogP contribution in [0.4, 0.5) is 0 Å². The summed E-state index contributed by atoms with van der Waals surface area (Å²) in [5.41, 5.74) is 0.506. The quantitative estimate of drug-likeness (QED) is 0.645. The monoisotopic (exact) mass is 185 g/mol. The Morgan fingerprint density at radius 3 is 2.54 bits per heavy atom. The predicted octanol–water partition coefficient (Wildman–Crippen LogP) is 0.745. The van der Waals surface area contributed by atoms with Crippen molar-refractivity contribution < 1.29 is 9.47 Å². The van der Waals surface area contributed by atoms with E-state index in [-0.39, 0.29) is 0 Å². The molecule has 2 rings (SSSR count). The van der Waals surface area contributed by atoms with Crippen molar-refractivity contribution >= 4 is 0 Å². The van der Waals surface area contributed by atoms with Gasteiger partial charge in [0.15, 0.2) is 0 Å². The molecule has 0 amide bonds. The van der Waals surface area contributed by atoms with Gasteiger partial charge in [-0.3, -0.25) is 4.90 Å². The lowest BCUT2D eigenvalue weighted by atomic mass is 10.1. The molecule has 76 valence electrons. The second-order valence-electron chi connectivity index (χ2n) is 4.32. The maximum Gasteiger partial charge on any atom is 0.0594 e. The van der Waals surface area contributed by atoms with Crippen LogP contribution in [0.1, 0.15) is 12.8 Å². The third-order valence-corrected chi connectivity index (χ3v) is 3.07. The Labute approximate surface area is 80.0 Å². The zero-order valence-electron chi connectivity index (χ0n) is 8.42. The standard InChI is InChI=1S/C10H19NO2/c1-12-9-10(2-3-10)8-11-4-6-13-7-5-11/h2-9H2,1H3. The third kappa shape index (κ3) is 2.42. The van der Waals surface area contributed by atoms with Crippen LogP contribution in [-0.2, 0) is 9.47 Å². The summed E-state index contributed by atoms with van der Waals surface area (Å²) in [6.45, 7) is 6.16. The Morgan fingerprint density at radius 1 is 1.31 bits per heavy atom. The van der Waals surface area contributed by atoms with Crippen LogP contribution >= 0.6 is 0 Å². The number of nitrogens with zero attached hydrogens (tertiary/aromatic N) is 1. The van der Waals surface area contributed by atoms with Gasteiger partial charge in [-0.2, -0.15) is 0 Å². The number of methoxy groups -OCH3 is 1. The minimum Gasteiger partial charge on any atom is -0.384 e. The number of rotatable bonds is 4. The van der Waals surface area contributed by atoms with Gasteiger partial charge >= 0.3 is 0 Å². The number of hydrogen-bond donors (Lipinski definition) is 0. The van der Waals surface area contributed by atoms with Gasteiger partial charge in [-0.05, 0) is 12.8 Å². The molecule has 0 bridgehead atoms. The van der Waals surface area contributed by atoms with Crippen LogP contribution < -0.4 is 0 Å². The summed E-state index contributed by atoms with van der Waals surface area (Å²) in [6, 6.07) is 0. The van der Waals surface area contributed by atoms with E-state index in [0.29, 0.717) is 5.41 Å². The van der Waals surface area contributed by atoms with Crippen LogP contribution in [0.2, 0.25) is 0 Å². The van der Waals surface area contributed by atoms with Crippen LogP contribution in [0.3, 0.4) is 0 Å². The molecule has 13 heavy (non-hydrogen) atoms. The first kappa shape index (κ1) is 9.44. The summed E-state index contributed by atoms with van der Waals surface area (Å²) in [7, 11) is 1.80. The van der Waals surface area contributed by atoms with Gasteiger partial charge in [0, 0.05) is 32.2 Å². The molecule has 3 heteroatoms. The van der Waals surface area contributed by atoms with Crippen molar-refractivity contribution in [2.45, 2.75) is 12.8 Å². The van der Waals surface area contributed by atoms with Crippen LogP contribution in [0, 0.1) is 5.41 Å². The van der Waals surface area contributed by atoms with E-state index >= 15 is 0 Å². The van der Waals surface area contributed by atoms with Crippen LogP contribution in [-0.4, -0.2) is 51.5 Å². The highest BCUT2D eigenvalue weighted by atomic mass is 16.5. The van der Waals surface area contributed by atoms with Gasteiger partial charge in [0.05, 0.1) is 19.8 Å². The molecule has 0 aromatic carbocycles. The molecule has 1 heterocycles. The van der Waals surface area contributed by atoms with E-state index in [1.165, 1.54) is 19.4 Å². The maximum atomic E-state index is 5.32. The fourth-order valence-electron chi connectivity index (χ4n) is 2.06. The Balaban J connectivity index is 1.76. The normalized spacial score (nSPS) is 27.5. The van der Waals surface area contributed by atoms with Crippen molar-refractivity contribution in [3.05, 3.63) is 0 Å². The lowest BCUT2D eigenvalue weighted by molar-refractivity contribution is 0.0183. The molecule has 0 aromatic heterocycles. The minimum atomic E-state index is 0.506. The summed E-state index contributed by atoms with van der Waals surface area (Å²) in [5, 5.41) is 0. The van der Waals surface area contributed by atoms with E-state index in [9.17, 15) is 0 Å². The third-order valence-electron chi connectivity index (χ3n) is 3.07. The topological polar surface area (TPSA) is 21.7 Å². The predicted molar refractivity (Wildman–Crippen MR) is 50.8 cm³/mol. The van der Waals surface area contributed by atoms with E-state index in [1.807, 2.05) is 0 Å². The number of morpholine rings is 1. The Hall–Kier alpha value is -0.120. The average Bonchev–Trinajstić information content (AvgIpc) is 2.87. The molecule has 0 spiro atoms. The SMILES string of the molecule is COCC1(CN2CCOCC2)CC1. The molecule has 2 aliphatic rings. The largest absolute Gasteiger partial charge is 0.384 e. The second kappa shape index (κ2) is 3.95. The fraction of sp³-hybridized carbons (Fsp3) is 1.00. The van der Waals surface area contributed by atoms with E-state index < -0.39 is 0 Å². The summed E-state index contributed by atoms with van der Waals surface area (Å²) in [4.78, 5) is 2.51. The molecule has 1 aliphatic heterocycles. The molecule has 0 N–H and O–H groups in total. The first-order chi connectivity index (χ1) is 6.35. The molecule has 0 unspecified atom stereocenters. The van der Waals surface area contributed by atoms with Crippen LogP contribution in [0.25, 0.3) is 0 Å². The summed E-state index contributed by atoms with van der Waals surface area (Å²) < 4.78 is 10.6. The molecule has 0 aromatic rings. The van der Waals surface area contributed by atoms with Gasteiger partial charge in [-0.15, -0.1) is 0 Å². The first-order valence-electron chi connectivity index (χ1n) is 5.14. The average molecular weight is 185 g/mol. The molecule has 0 atom stereocenters. The van der Waals surface area contributed by atoms with Gasteiger partial charge in [-0.1, -0.05) is 0 Å². The Morgan fingerprint density at radius 2 is 2.00 bits per heavy atom. The fourth-order valence-corrected chi connectivity index (χ4v) is 2.06. The number of hydrogen-bond acceptors (Lipinski definition) is 3. The van der Waals surface area contributed by atoms with Gasteiger partial charge in [0.25, 0.3) is 0 Å². The highest BCUT2D eigenvalue weighted by Gasteiger charge is 2.43. The van der Waals surface area contributed by atoms with E-state index in [2.05, 4.69) is 4.90 Å². The summed E-state index contributed by atoms with van der Waals surface area (Å²) >= 11 is 0. The number of ether oxygens (including phenoxy) is 2. The maximum absolute atomic E-state index is 5.32. The van der Waals surface area contributed by atoms with Crippen molar-refractivity contribution in [2.75, 3.05) is 46.6 Å². The summed E-state index contributed by atoms with van der Waals surface area (Å²) in [6.07, 6.45) is 2.69. The lowest BCUT2D eigenvalue weighted by Gasteiger charge is -2.30. The first-order valence-corrected chi connectivity index (χ1v) is 5.14. The second-order valence-corrected chi connectivity index (χ2v) is 4.32. The molecule has 1 saturated carbocycles. The zero-order chi connectivity index (χ0) is 9.15. The summed E-state index contributed by atoms with van der Waals surface area (Å²) in [5.74, 6) is 0. The van der Waals surface area contributed by atoms with E-state index in [0.717, 1.165) is 32.9 Å². The lowest BCUT2D eigenvalue weighted by Crippen LogP contribution is -2.40. The van der Waals surface area contributed by atoms with Gasteiger partial charge in [0.1, 0.15) is 0 Å². The van der Waals surface area contributed by atoms with Crippen LogP contribution in [0.15, 0.2) is 0 Å².